The molecule has 3 rings (SSSR count). The molecule has 2 amide bonds. The Morgan fingerprint density at radius 3 is 2.39 bits per heavy atom. The molecule has 1 aliphatic rings. The lowest BCUT2D eigenvalue weighted by Crippen LogP contribution is -2.46. The zero-order valence-electron chi connectivity index (χ0n) is 13.6. The molecule has 0 bridgehead atoms. The van der Waals surface area contributed by atoms with Gasteiger partial charge in [-0.15, -0.1) is 0 Å². The van der Waals surface area contributed by atoms with Crippen LogP contribution in [0.5, 0.6) is 0 Å². The van der Waals surface area contributed by atoms with Crippen LogP contribution >= 0.6 is 0 Å². The van der Waals surface area contributed by atoms with Crippen LogP contribution in [0.3, 0.4) is 0 Å². The Morgan fingerprint density at radius 2 is 1.74 bits per heavy atom. The average Bonchev–Trinajstić information content (AvgIpc) is 2.55. The molecule has 1 fully saturated rings. The van der Waals surface area contributed by atoms with Gasteiger partial charge in [0.15, 0.2) is 0 Å². The molecular formula is C20H24N2O. The molecule has 0 unspecified atom stereocenters. The number of carbonyl (C=O) groups excluding carboxylic acids is 1. The van der Waals surface area contributed by atoms with Gasteiger partial charge >= 0.3 is 6.03 Å². The Labute approximate surface area is 138 Å². The molecule has 0 spiro atoms. The summed E-state index contributed by atoms with van der Waals surface area (Å²) in [5.41, 5.74) is 3.50. The fraction of sp³-hybridized carbons (Fsp3) is 0.350. The van der Waals surface area contributed by atoms with Crippen molar-refractivity contribution in [3.63, 3.8) is 0 Å². The van der Waals surface area contributed by atoms with Crippen LogP contribution in [0.1, 0.15) is 37.3 Å². The summed E-state index contributed by atoms with van der Waals surface area (Å²) in [7, 11) is 0. The molecule has 0 radical (unpaired) electrons. The van der Waals surface area contributed by atoms with Gasteiger partial charge in [0, 0.05) is 17.6 Å². The van der Waals surface area contributed by atoms with Crippen LogP contribution in [0.25, 0.3) is 0 Å². The molecule has 0 heterocycles. The number of carbonyl (C=O) groups is 1. The third-order valence-electron chi connectivity index (χ3n) is 4.93. The Morgan fingerprint density at radius 1 is 1.04 bits per heavy atom. The van der Waals surface area contributed by atoms with Gasteiger partial charge in [0.05, 0.1) is 0 Å². The summed E-state index contributed by atoms with van der Waals surface area (Å²) >= 11 is 0. The second-order valence-corrected chi connectivity index (χ2v) is 6.32. The van der Waals surface area contributed by atoms with Crippen LogP contribution in [-0.4, -0.2) is 12.6 Å². The van der Waals surface area contributed by atoms with Crippen molar-refractivity contribution in [3.8, 4) is 0 Å². The van der Waals surface area contributed by atoms with E-state index in [-0.39, 0.29) is 11.4 Å². The van der Waals surface area contributed by atoms with E-state index in [2.05, 4.69) is 41.8 Å². The van der Waals surface area contributed by atoms with Crippen molar-refractivity contribution in [2.24, 2.45) is 0 Å². The van der Waals surface area contributed by atoms with E-state index < -0.39 is 0 Å². The minimum Gasteiger partial charge on any atom is -0.337 e. The van der Waals surface area contributed by atoms with Crippen molar-refractivity contribution in [1.29, 1.82) is 0 Å². The first-order chi connectivity index (χ1) is 11.2. The van der Waals surface area contributed by atoms with Crippen LogP contribution in [0.2, 0.25) is 0 Å². The Balaban J connectivity index is 1.62. The first-order valence-corrected chi connectivity index (χ1v) is 8.42. The van der Waals surface area contributed by atoms with E-state index in [0.29, 0.717) is 6.54 Å². The van der Waals surface area contributed by atoms with E-state index in [1.165, 1.54) is 12.0 Å². The second-order valence-electron chi connectivity index (χ2n) is 6.32. The van der Waals surface area contributed by atoms with Crippen molar-refractivity contribution in [2.45, 2.75) is 38.0 Å². The fourth-order valence-corrected chi connectivity index (χ4v) is 3.33. The molecule has 1 saturated carbocycles. The van der Waals surface area contributed by atoms with Crippen LogP contribution in [0.4, 0.5) is 10.5 Å². The largest absolute Gasteiger partial charge is 0.337 e. The number of nitrogens with one attached hydrogen (secondary N) is 2. The lowest BCUT2D eigenvalue weighted by molar-refractivity contribution is 0.222. The number of hydrogen-bond acceptors (Lipinski definition) is 1. The number of hydrogen-bond donors (Lipinski definition) is 2. The summed E-state index contributed by atoms with van der Waals surface area (Å²) in [4.78, 5) is 12.3. The quantitative estimate of drug-likeness (QED) is 0.839. The number of urea groups is 1. The van der Waals surface area contributed by atoms with Gasteiger partial charge in [-0.2, -0.15) is 0 Å². The molecular weight excluding hydrogens is 284 g/mol. The van der Waals surface area contributed by atoms with Crippen molar-refractivity contribution in [1.82, 2.24) is 5.32 Å². The lowest BCUT2D eigenvalue weighted by atomic mass is 9.64. The van der Waals surface area contributed by atoms with E-state index >= 15 is 0 Å². The van der Waals surface area contributed by atoms with Crippen molar-refractivity contribution < 1.29 is 4.79 Å². The number of rotatable bonds is 5. The SMILES string of the molecule is CCc1ccccc1NC(=O)NCC1(c2ccccc2)CCC1. The maximum atomic E-state index is 12.3. The molecule has 0 aliphatic heterocycles. The van der Waals surface area contributed by atoms with Gasteiger partial charge in [-0.05, 0) is 36.5 Å². The Kier molecular flexibility index (Phi) is 4.65. The minimum absolute atomic E-state index is 0.114. The highest BCUT2D eigenvalue weighted by Crippen LogP contribution is 2.43. The molecule has 2 aromatic carbocycles. The Hall–Kier alpha value is -2.29. The Bertz CT molecular complexity index is 662. The number of aryl methyl sites for hydroxylation is 1. The highest BCUT2D eigenvalue weighted by molar-refractivity contribution is 5.90. The van der Waals surface area contributed by atoms with E-state index in [0.717, 1.165) is 30.5 Å². The normalized spacial score (nSPS) is 15.5. The molecule has 0 atom stereocenters. The van der Waals surface area contributed by atoms with Gasteiger partial charge < -0.3 is 10.6 Å². The number of anilines is 1. The molecule has 23 heavy (non-hydrogen) atoms. The summed E-state index contributed by atoms with van der Waals surface area (Å²) in [6.07, 6.45) is 4.42. The lowest BCUT2D eigenvalue weighted by Gasteiger charge is -2.42. The smallest absolute Gasteiger partial charge is 0.319 e. The van der Waals surface area contributed by atoms with E-state index in [4.69, 9.17) is 0 Å². The van der Waals surface area contributed by atoms with Gasteiger partial charge in [0.25, 0.3) is 0 Å². The molecule has 3 nitrogen and oxygen atoms in total. The maximum absolute atomic E-state index is 12.3. The first-order valence-electron chi connectivity index (χ1n) is 8.42. The highest BCUT2D eigenvalue weighted by atomic mass is 16.2. The predicted octanol–water partition coefficient (Wildman–Crippen LogP) is 4.49. The third-order valence-corrected chi connectivity index (χ3v) is 4.93. The topological polar surface area (TPSA) is 41.1 Å². The molecule has 120 valence electrons. The average molecular weight is 308 g/mol. The number of benzene rings is 2. The zero-order valence-corrected chi connectivity index (χ0v) is 13.6. The van der Waals surface area contributed by atoms with Crippen molar-refractivity contribution in [2.75, 3.05) is 11.9 Å². The van der Waals surface area contributed by atoms with Gasteiger partial charge in [0.2, 0.25) is 0 Å². The van der Waals surface area contributed by atoms with E-state index in [9.17, 15) is 4.79 Å². The standard InChI is InChI=1S/C20H24N2O/c1-2-16-9-6-7-12-18(16)22-19(23)21-15-20(13-8-14-20)17-10-4-3-5-11-17/h3-7,9-12H,2,8,13-15H2,1H3,(H2,21,22,23). The highest BCUT2D eigenvalue weighted by Gasteiger charge is 2.38. The van der Waals surface area contributed by atoms with Crippen LogP contribution < -0.4 is 10.6 Å². The molecule has 0 saturated heterocycles. The van der Waals surface area contributed by atoms with Crippen molar-refractivity contribution in [3.05, 3.63) is 65.7 Å². The van der Waals surface area contributed by atoms with Crippen LogP contribution in [-0.2, 0) is 11.8 Å². The van der Waals surface area contributed by atoms with E-state index in [1.807, 2.05) is 30.3 Å². The number of amides is 2. The van der Waals surface area contributed by atoms with Gasteiger partial charge in [0.1, 0.15) is 0 Å². The van der Waals surface area contributed by atoms with Gasteiger partial charge in [-0.25, -0.2) is 4.79 Å². The molecule has 1 aliphatic carbocycles. The molecule has 0 aromatic heterocycles. The molecule has 2 N–H and O–H groups in total. The van der Waals surface area contributed by atoms with E-state index in [1.54, 1.807) is 0 Å². The fourth-order valence-electron chi connectivity index (χ4n) is 3.33. The summed E-state index contributed by atoms with van der Waals surface area (Å²) < 4.78 is 0. The summed E-state index contributed by atoms with van der Waals surface area (Å²) in [5.74, 6) is 0. The van der Waals surface area contributed by atoms with Crippen LogP contribution in [0.15, 0.2) is 54.6 Å². The first kappa shape index (κ1) is 15.6. The second kappa shape index (κ2) is 6.86. The summed E-state index contributed by atoms with van der Waals surface area (Å²) in [6, 6.07) is 18.4. The zero-order chi connectivity index (χ0) is 16.1. The maximum Gasteiger partial charge on any atom is 0.319 e. The third kappa shape index (κ3) is 3.39. The van der Waals surface area contributed by atoms with Crippen LogP contribution in [0, 0.1) is 0 Å². The molecule has 3 heteroatoms. The van der Waals surface area contributed by atoms with Gasteiger partial charge in [-0.1, -0.05) is 61.9 Å². The van der Waals surface area contributed by atoms with Gasteiger partial charge in [-0.3, -0.25) is 0 Å². The summed E-state index contributed by atoms with van der Waals surface area (Å²) in [6.45, 7) is 2.79. The van der Waals surface area contributed by atoms with Crippen molar-refractivity contribution >= 4 is 11.7 Å². The number of para-hydroxylation sites is 1. The predicted molar refractivity (Wildman–Crippen MR) is 94.8 cm³/mol. The summed E-state index contributed by atoms with van der Waals surface area (Å²) in [5, 5.41) is 6.06. The molecule has 2 aromatic rings. The monoisotopic (exact) mass is 308 g/mol. The minimum atomic E-state index is -0.117.